The maximum atomic E-state index is 9.17. The largest absolute Gasteiger partial charge is 0.392 e. The Labute approximate surface area is 103 Å². The van der Waals surface area contributed by atoms with Gasteiger partial charge in [-0.15, -0.1) is 0 Å². The highest BCUT2D eigenvalue weighted by atomic mass is 16.5. The third-order valence-electron chi connectivity index (χ3n) is 3.29. The van der Waals surface area contributed by atoms with Crippen LogP contribution in [-0.4, -0.2) is 30.4 Å². The average Bonchev–Trinajstić information content (AvgIpc) is 2.27. The van der Waals surface area contributed by atoms with Crippen molar-refractivity contribution < 1.29 is 9.84 Å². The van der Waals surface area contributed by atoms with Gasteiger partial charge in [-0.05, 0) is 44.0 Å². The Bertz CT molecular complexity index is 401. The number of hydrogen-bond donors (Lipinski definition) is 1. The number of rotatable bonds is 2. The van der Waals surface area contributed by atoms with E-state index in [1.807, 2.05) is 13.0 Å². The maximum absolute atomic E-state index is 9.17. The predicted molar refractivity (Wildman–Crippen MR) is 69.3 cm³/mol. The Morgan fingerprint density at radius 3 is 2.76 bits per heavy atom. The molecule has 1 N–H and O–H groups in total. The smallest absolute Gasteiger partial charge is 0.0801 e. The first-order valence-corrected chi connectivity index (χ1v) is 6.11. The van der Waals surface area contributed by atoms with E-state index in [0.717, 1.165) is 30.8 Å². The third-order valence-corrected chi connectivity index (χ3v) is 3.29. The van der Waals surface area contributed by atoms with Gasteiger partial charge in [0, 0.05) is 18.8 Å². The summed E-state index contributed by atoms with van der Waals surface area (Å²) in [5.74, 6) is 0. The van der Waals surface area contributed by atoms with E-state index in [1.165, 1.54) is 5.69 Å². The number of nitrogens with zero attached hydrogens (tertiary/aromatic N) is 1. The Balaban J connectivity index is 2.19. The quantitative estimate of drug-likeness (QED) is 0.852. The van der Waals surface area contributed by atoms with Crippen molar-refractivity contribution >= 4 is 5.69 Å². The molecule has 1 aliphatic heterocycles. The monoisotopic (exact) mass is 235 g/mol. The lowest BCUT2D eigenvalue weighted by Crippen LogP contribution is -2.48. The highest BCUT2D eigenvalue weighted by molar-refractivity contribution is 5.51. The average molecular weight is 235 g/mol. The van der Waals surface area contributed by atoms with E-state index in [0.29, 0.717) is 0 Å². The minimum Gasteiger partial charge on any atom is -0.392 e. The first kappa shape index (κ1) is 12.4. The molecule has 0 unspecified atom stereocenters. The minimum atomic E-state index is -0.0815. The van der Waals surface area contributed by atoms with Crippen LogP contribution in [0.4, 0.5) is 5.69 Å². The topological polar surface area (TPSA) is 32.7 Å². The third kappa shape index (κ3) is 2.79. The Morgan fingerprint density at radius 2 is 2.18 bits per heavy atom. The standard InChI is InChI=1S/C14H21NO2/c1-11-8-13(5-4-12(11)9-16)15-6-7-17-14(2,3)10-15/h4-5,8,16H,6-7,9-10H2,1-3H3. The number of aliphatic hydroxyl groups is 1. The molecule has 1 aliphatic rings. The molecule has 0 atom stereocenters. The van der Waals surface area contributed by atoms with Crippen LogP contribution in [0.5, 0.6) is 0 Å². The molecule has 2 rings (SSSR count). The molecule has 1 aromatic rings. The molecule has 0 bridgehead atoms. The van der Waals surface area contributed by atoms with Crippen molar-refractivity contribution in [2.24, 2.45) is 0 Å². The number of anilines is 1. The highest BCUT2D eigenvalue weighted by Gasteiger charge is 2.27. The van der Waals surface area contributed by atoms with Crippen molar-refractivity contribution in [3.8, 4) is 0 Å². The summed E-state index contributed by atoms with van der Waals surface area (Å²) in [4.78, 5) is 2.34. The Hall–Kier alpha value is -1.06. The minimum absolute atomic E-state index is 0.0815. The fourth-order valence-corrected chi connectivity index (χ4v) is 2.29. The first-order chi connectivity index (χ1) is 8.02. The number of aryl methyl sites for hydroxylation is 1. The van der Waals surface area contributed by atoms with Crippen LogP contribution < -0.4 is 4.90 Å². The summed E-state index contributed by atoms with van der Waals surface area (Å²) in [5, 5.41) is 9.17. The zero-order valence-corrected chi connectivity index (χ0v) is 10.9. The van der Waals surface area contributed by atoms with Gasteiger partial charge in [0.1, 0.15) is 0 Å². The first-order valence-electron chi connectivity index (χ1n) is 6.11. The van der Waals surface area contributed by atoms with E-state index in [9.17, 15) is 0 Å². The zero-order chi connectivity index (χ0) is 12.5. The molecule has 0 aromatic heterocycles. The summed E-state index contributed by atoms with van der Waals surface area (Å²) < 4.78 is 5.71. The van der Waals surface area contributed by atoms with E-state index >= 15 is 0 Å². The van der Waals surface area contributed by atoms with Crippen LogP contribution in [0.15, 0.2) is 18.2 Å². The van der Waals surface area contributed by atoms with Crippen molar-refractivity contribution in [2.75, 3.05) is 24.6 Å². The van der Waals surface area contributed by atoms with Crippen molar-refractivity contribution in [1.82, 2.24) is 0 Å². The summed E-state index contributed by atoms with van der Waals surface area (Å²) >= 11 is 0. The molecule has 3 nitrogen and oxygen atoms in total. The molecule has 1 fully saturated rings. The zero-order valence-electron chi connectivity index (χ0n) is 10.9. The van der Waals surface area contributed by atoms with Gasteiger partial charge in [-0.3, -0.25) is 0 Å². The molecule has 1 heterocycles. The van der Waals surface area contributed by atoms with Gasteiger partial charge in [-0.2, -0.15) is 0 Å². The summed E-state index contributed by atoms with van der Waals surface area (Å²) in [6.45, 7) is 9.00. The lowest BCUT2D eigenvalue weighted by Gasteiger charge is -2.39. The van der Waals surface area contributed by atoms with Gasteiger partial charge in [0.05, 0.1) is 18.8 Å². The lowest BCUT2D eigenvalue weighted by molar-refractivity contribution is -0.0276. The number of aliphatic hydroxyl groups excluding tert-OH is 1. The molecule has 0 amide bonds. The lowest BCUT2D eigenvalue weighted by atomic mass is 10.0. The summed E-state index contributed by atoms with van der Waals surface area (Å²) in [7, 11) is 0. The second-order valence-corrected chi connectivity index (χ2v) is 5.30. The molecule has 3 heteroatoms. The van der Waals surface area contributed by atoms with Gasteiger partial charge < -0.3 is 14.7 Å². The van der Waals surface area contributed by atoms with Gasteiger partial charge in [-0.1, -0.05) is 6.07 Å². The SMILES string of the molecule is Cc1cc(N2CCOC(C)(C)C2)ccc1CO. The van der Waals surface area contributed by atoms with Gasteiger partial charge in [0.25, 0.3) is 0 Å². The van der Waals surface area contributed by atoms with Gasteiger partial charge in [0.15, 0.2) is 0 Å². The molecule has 1 aromatic carbocycles. The summed E-state index contributed by atoms with van der Waals surface area (Å²) in [6.07, 6.45) is 0. The molecule has 0 radical (unpaired) electrons. The maximum Gasteiger partial charge on any atom is 0.0801 e. The molecule has 0 spiro atoms. The van der Waals surface area contributed by atoms with E-state index in [-0.39, 0.29) is 12.2 Å². The number of hydrogen-bond acceptors (Lipinski definition) is 3. The van der Waals surface area contributed by atoms with Gasteiger partial charge in [-0.25, -0.2) is 0 Å². The predicted octanol–water partition coefficient (Wildman–Crippen LogP) is 2.10. The fourth-order valence-electron chi connectivity index (χ4n) is 2.29. The Kier molecular flexibility index (Phi) is 3.40. The molecule has 94 valence electrons. The van der Waals surface area contributed by atoms with Crippen LogP contribution >= 0.6 is 0 Å². The van der Waals surface area contributed by atoms with E-state index in [1.54, 1.807) is 0 Å². The van der Waals surface area contributed by atoms with Crippen molar-refractivity contribution in [2.45, 2.75) is 33.0 Å². The van der Waals surface area contributed by atoms with Crippen molar-refractivity contribution in [3.05, 3.63) is 29.3 Å². The molecule has 0 aliphatic carbocycles. The Morgan fingerprint density at radius 1 is 1.41 bits per heavy atom. The van der Waals surface area contributed by atoms with Gasteiger partial charge >= 0.3 is 0 Å². The van der Waals surface area contributed by atoms with E-state index in [2.05, 4.69) is 30.9 Å². The van der Waals surface area contributed by atoms with Crippen molar-refractivity contribution in [3.63, 3.8) is 0 Å². The van der Waals surface area contributed by atoms with Crippen LogP contribution in [-0.2, 0) is 11.3 Å². The molecular weight excluding hydrogens is 214 g/mol. The second-order valence-electron chi connectivity index (χ2n) is 5.30. The van der Waals surface area contributed by atoms with Gasteiger partial charge in [0.2, 0.25) is 0 Å². The van der Waals surface area contributed by atoms with E-state index < -0.39 is 0 Å². The highest BCUT2D eigenvalue weighted by Crippen LogP contribution is 2.25. The van der Waals surface area contributed by atoms with Crippen LogP contribution in [0.1, 0.15) is 25.0 Å². The fraction of sp³-hybridized carbons (Fsp3) is 0.571. The van der Waals surface area contributed by atoms with Crippen LogP contribution in [0.3, 0.4) is 0 Å². The van der Waals surface area contributed by atoms with Crippen LogP contribution in [0.25, 0.3) is 0 Å². The number of morpholine rings is 1. The summed E-state index contributed by atoms with van der Waals surface area (Å²) in [5.41, 5.74) is 3.29. The molecular formula is C14H21NO2. The van der Waals surface area contributed by atoms with E-state index in [4.69, 9.17) is 9.84 Å². The summed E-state index contributed by atoms with van der Waals surface area (Å²) in [6, 6.07) is 6.24. The number of ether oxygens (including phenoxy) is 1. The van der Waals surface area contributed by atoms with Crippen LogP contribution in [0.2, 0.25) is 0 Å². The van der Waals surface area contributed by atoms with Crippen molar-refractivity contribution in [1.29, 1.82) is 0 Å². The molecule has 0 saturated carbocycles. The second kappa shape index (κ2) is 4.67. The van der Waals surface area contributed by atoms with Crippen LogP contribution in [0, 0.1) is 6.92 Å². The number of benzene rings is 1. The molecule has 1 saturated heterocycles. The molecule has 17 heavy (non-hydrogen) atoms. The normalized spacial score (nSPS) is 19.4.